The fourth-order valence-electron chi connectivity index (χ4n) is 3.14. The van der Waals surface area contributed by atoms with Crippen molar-refractivity contribution in [2.24, 2.45) is 0 Å². The zero-order valence-electron chi connectivity index (χ0n) is 11.3. The van der Waals surface area contributed by atoms with E-state index in [9.17, 15) is 9.59 Å². The van der Waals surface area contributed by atoms with E-state index in [4.69, 9.17) is 0 Å². The molecule has 1 aliphatic heterocycles. The summed E-state index contributed by atoms with van der Waals surface area (Å²) >= 11 is 0. The number of anilines is 1. The van der Waals surface area contributed by atoms with Crippen LogP contribution in [0.3, 0.4) is 0 Å². The van der Waals surface area contributed by atoms with Gasteiger partial charge in [-0.05, 0) is 32.1 Å². The van der Waals surface area contributed by atoms with Gasteiger partial charge in [-0.25, -0.2) is 0 Å². The third kappa shape index (κ3) is 1.96. The molecule has 4 heteroatoms. The summed E-state index contributed by atoms with van der Waals surface area (Å²) in [5.41, 5.74) is 2.88. The Labute approximate surface area is 113 Å². The molecule has 1 atom stereocenters. The van der Waals surface area contributed by atoms with Gasteiger partial charge in [-0.2, -0.15) is 0 Å². The van der Waals surface area contributed by atoms with Gasteiger partial charge in [-0.15, -0.1) is 0 Å². The van der Waals surface area contributed by atoms with E-state index in [1.807, 2.05) is 42.1 Å². The first-order valence-electron chi connectivity index (χ1n) is 6.69. The van der Waals surface area contributed by atoms with Gasteiger partial charge < -0.3 is 9.80 Å². The summed E-state index contributed by atoms with van der Waals surface area (Å²) in [6.07, 6.45) is 1.48. The molecule has 1 aliphatic carbocycles. The number of benzene rings is 1. The Morgan fingerprint density at radius 3 is 2.95 bits per heavy atom. The average molecular weight is 258 g/mol. The van der Waals surface area contributed by atoms with Gasteiger partial charge in [-0.1, -0.05) is 12.1 Å². The summed E-state index contributed by atoms with van der Waals surface area (Å²) in [4.78, 5) is 28.0. The van der Waals surface area contributed by atoms with Crippen LogP contribution >= 0.6 is 0 Å². The Morgan fingerprint density at radius 2 is 2.21 bits per heavy atom. The average Bonchev–Trinajstić information content (AvgIpc) is 2.74. The number of hydrogen-bond donors (Lipinski definition) is 0. The van der Waals surface area contributed by atoms with E-state index in [1.54, 1.807) is 0 Å². The maximum atomic E-state index is 12.3. The van der Waals surface area contributed by atoms with E-state index in [0.29, 0.717) is 18.9 Å². The maximum Gasteiger partial charge on any atom is 0.241 e. The first-order chi connectivity index (χ1) is 9.08. The van der Waals surface area contributed by atoms with Crippen LogP contribution in [0.25, 0.3) is 0 Å². The molecule has 0 fully saturated rings. The van der Waals surface area contributed by atoms with Crippen LogP contribution in [0.1, 0.15) is 34.7 Å². The molecule has 1 amide bonds. The smallest absolute Gasteiger partial charge is 0.241 e. The van der Waals surface area contributed by atoms with Gasteiger partial charge in [0.2, 0.25) is 5.91 Å². The predicted molar refractivity (Wildman–Crippen MR) is 73.7 cm³/mol. The number of carbonyl (C=O) groups excluding carboxylic acids is 2. The number of carbonyl (C=O) groups is 2. The number of Topliss-reactive ketones (excluding diaryl/α,β-unsaturated/α-hetero) is 1. The second-order valence-corrected chi connectivity index (χ2v) is 5.64. The van der Waals surface area contributed by atoms with Crippen LogP contribution in [0.2, 0.25) is 0 Å². The van der Waals surface area contributed by atoms with E-state index in [2.05, 4.69) is 0 Å². The molecule has 1 aromatic carbocycles. The first kappa shape index (κ1) is 12.4. The summed E-state index contributed by atoms with van der Waals surface area (Å²) in [6, 6.07) is 5.74. The lowest BCUT2D eigenvalue weighted by molar-refractivity contribution is -0.119. The van der Waals surface area contributed by atoms with Gasteiger partial charge in [0.25, 0.3) is 0 Å². The topological polar surface area (TPSA) is 40.6 Å². The summed E-state index contributed by atoms with van der Waals surface area (Å²) in [6.45, 7) is 1.14. The fourth-order valence-corrected chi connectivity index (χ4v) is 3.14. The Morgan fingerprint density at radius 1 is 1.42 bits per heavy atom. The molecular formula is C15H18N2O2. The summed E-state index contributed by atoms with van der Waals surface area (Å²) in [7, 11) is 3.79. The molecule has 0 saturated carbocycles. The lowest BCUT2D eigenvalue weighted by Crippen LogP contribution is -2.37. The van der Waals surface area contributed by atoms with Crippen molar-refractivity contribution in [3.8, 4) is 0 Å². The first-order valence-corrected chi connectivity index (χ1v) is 6.69. The molecule has 100 valence electrons. The van der Waals surface area contributed by atoms with Crippen LogP contribution in [-0.4, -0.2) is 43.8 Å². The lowest BCUT2D eigenvalue weighted by Gasteiger charge is -2.20. The highest BCUT2D eigenvalue weighted by Gasteiger charge is 2.37. The zero-order valence-corrected chi connectivity index (χ0v) is 11.3. The summed E-state index contributed by atoms with van der Waals surface area (Å²) in [5, 5.41) is 0. The minimum absolute atomic E-state index is 0.111. The number of hydrogen-bond acceptors (Lipinski definition) is 3. The third-order valence-corrected chi connectivity index (χ3v) is 3.96. The minimum atomic E-state index is 0.111. The van der Waals surface area contributed by atoms with E-state index in [1.165, 1.54) is 0 Å². The van der Waals surface area contributed by atoms with Crippen molar-refractivity contribution >= 4 is 17.4 Å². The van der Waals surface area contributed by atoms with Crippen LogP contribution in [-0.2, 0) is 4.79 Å². The molecule has 1 heterocycles. The SMILES string of the molecule is CN(C)CC(=O)N1C[C@H]2CCC(=O)c3cccc1c32. The van der Waals surface area contributed by atoms with Crippen molar-refractivity contribution in [3.05, 3.63) is 29.3 Å². The molecule has 3 rings (SSSR count). The van der Waals surface area contributed by atoms with Crippen molar-refractivity contribution in [2.75, 3.05) is 32.1 Å². The molecule has 0 spiro atoms. The van der Waals surface area contributed by atoms with E-state index in [-0.39, 0.29) is 11.7 Å². The number of likely N-dealkylation sites (N-methyl/N-ethyl adjacent to an activating group) is 1. The van der Waals surface area contributed by atoms with Crippen LogP contribution in [0.4, 0.5) is 5.69 Å². The van der Waals surface area contributed by atoms with Gasteiger partial charge in [0, 0.05) is 30.1 Å². The normalized spacial score (nSPS) is 20.9. The minimum Gasteiger partial charge on any atom is -0.310 e. The van der Waals surface area contributed by atoms with Crippen LogP contribution in [0, 0.1) is 0 Å². The molecule has 0 aromatic heterocycles. The van der Waals surface area contributed by atoms with Gasteiger partial charge in [-0.3, -0.25) is 9.59 Å². The molecule has 1 aromatic rings. The third-order valence-electron chi connectivity index (χ3n) is 3.96. The Balaban J connectivity index is 1.99. The second kappa shape index (κ2) is 4.46. The van der Waals surface area contributed by atoms with Gasteiger partial charge in [0.05, 0.1) is 6.54 Å². The van der Waals surface area contributed by atoms with E-state index < -0.39 is 0 Å². The highest BCUT2D eigenvalue weighted by molar-refractivity contribution is 6.04. The van der Waals surface area contributed by atoms with Crippen LogP contribution < -0.4 is 4.90 Å². The van der Waals surface area contributed by atoms with Crippen molar-refractivity contribution in [1.29, 1.82) is 0 Å². The quantitative estimate of drug-likeness (QED) is 0.810. The second-order valence-electron chi connectivity index (χ2n) is 5.64. The standard InChI is InChI=1S/C15H18N2O2/c1-16(2)9-14(19)17-8-10-6-7-13(18)11-4-3-5-12(17)15(10)11/h3-5,10H,6-9H2,1-2H3/t10-/m1/s1. The molecule has 4 nitrogen and oxygen atoms in total. The fraction of sp³-hybridized carbons (Fsp3) is 0.467. The van der Waals surface area contributed by atoms with Gasteiger partial charge in [0.1, 0.15) is 0 Å². The largest absolute Gasteiger partial charge is 0.310 e. The van der Waals surface area contributed by atoms with Crippen molar-refractivity contribution in [3.63, 3.8) is 0 Å². The lowest BCUT2D eigenvalue weighted by atomic mass is 9.83. The Bertz CT molecular complexity index is 551. The Kier molecular flexibility index (Phi) is 2.90. The van der Waals surface area contributed by atoms with Gasteiger partial charge in [0.15, 0.2) is 5.78 Å². The van der Waals surface area contributed by atoms with Crippen molar-refractivity contribution in [2.45, 2.75) is 18.8 Å². The summed E-state index contributed by atoms with van der Waals surface area (Å²) in [5.74, 6) is 0.672. The molecule has 2 aliphatic rings. The number of ketones is 1. The molecule has 0 unspecified atom stereocenters. The molecule has 0 radical (unpaired) electrons. The van der Waals surface area contributed by atoms with Crippen molar-refractivity contribution in [1.82, 2.24) is 4.90 Å². The van der Waals surface area contributed by atoms with E-state index >= 15 is 0 Å². The molecule has 0 N–H and O–H groups in total. The van der Waals surface area contributed by atoms with Crippen LogP contribution in [0.15, 0.2) is 18.2 Å². The summed E-state index contributed by atoms with van der Waals surface area (Å²) < 4.78 is 0. The molecule has 0 bridgehead atoms. The highest BCUT2D eigenvalue weighted by Crippen LogP contribution is 2.44. The highest BCUT2D eigenvalue weighted by atomic mass is 16.2. The molecule has 0 saturated heterocycles. The molecule has 19 heavy (non-hydrogen) atoms. The van der Waals surface area contributed by atoms with E-state index in [0.717, 1.165) is 29.8 Å². The monoisotopic (exact) mass is 258 g/mol. The molecular weight excluding hydrogens is 240 g/mol. The van der Waals surface area contributed by atoms with Gasteiger partial charge >= 0.3 is 0 Å². The number of nitrogens with zero attached hydrogens (tertiary/aromatic N) is 2. The van der Waals surface area contributed by atoms with Crippen LogP contribution in [0.5, 0.6) is 0 Å². The predicted octanol–water partition coefficient (Wildman–Crippen LogP) is 1.65. The maximum absolute atomic E-state index is 12.3. The Hall–Kier alpha value is -1.68. The number of amides is 1. The number of rotatable bonds is 2. The zero-order chi connectivity index (χ0) is 13.6. The van der Waals surface area contributed by atoms with Crippen molar-refractivity contribution < 1.29 is 9.59 Å².